The molecule has 0 aliphatic rings. The van der Waals surface area contributed by atoms with E-state index in [4.69, 9.17) is 11.6 Å². The fraction of sp³-hybridized carbons (Fsp3) is 0.375. The van der Waals surface area contributed by atoms with E-state index < -0.39 is 11.3 Å². The molecule has 0 bridgehead atoms. The van der Waals surface area contributed by atoms with Gasteiger partial charge < -0.3 is 4.55 Å². The minimum Gasteiger partial charge on any atom is -0.760 e. The normalized spacial score (nSPS) is 15.0. The Labute approximate surface area is 90.1 Å². The number of aromatic nitrogens is 1. The van der Waals surface area contributed by atoms with Crippen molar-refractivity contribution in [1.82, 2.24) is 9.71 Å². The average molecular weight is 234 g/mol. The minimum absolute atomic E-state index is 0.257. The van der Waals surface area contributed by atoms with Crippen molar-refractivity contribution < 1.29 is 8.76 Å². The fourth-order valence-electron chi connectivity index (χ4n) is 0.978. The van der Waals surface area contributed by atoms with Gasteiger partial charge in [-0.05, 0) is 18.6 Å². The molecule has 2 atom stereocenters. The molecule has 0 aliphatic carbocycles. The maximum absolute atomic E-state index is 10.1. The molecule has 14 heavy (non-hydrogen) atoms. The first-order chi connectivity index (χ1) is 6.70. The van der Waals surface area contributed by atoms with Crippen molar-refractivity contribution in [3.05, 3.63) is 30.1 Å². The smallest absolute Gasteiger partial charge is 0.0769 e. The number of hydrogen-bond acceptors (Lipinski definition) is 3. The van der Waals surface area contributed by atoms with E-state index in [1.54, 1.807) is 12.3 Å². The Bertz CT molecular complexity index is 297. The van der Waals surface area contributed by atoms with Crippen LogP contribution in [0.2, 0.25) is 0 Å². The maximum atomic E-state index is 10.1. The minimum atomic E-state index is -2.22. The van der Waals surface area contributed by atoms with E-state index in [0.717, 1.165) is 5.69 Å². The van der Waals surface area contributed by atoms with Crippen molar-refractivity contribution in [2.45, 2.75) is 11.8 Å². The molecule has 78 valence electrons. The van der Waals surface area contributed by atoms with Crippen LogP contribution in [0.3, 0.4) is 0 Å². The highest BCUT2D eigenvalue weighted by molar-refractivity contribution is 7.77. The van der Waals surface area contributed by atoms with Gasteiger partial charge in [0.05, 0.1) is 11.1 Å². The third kappa shape index (κ3) is 4.15. The van der Waals surface area contributed by atoms with E-state index in [2.05, 4.69) is 9.71 Å². The molecule has 1 rings (SSSR count). The predicted molar refractivity (Wildman–Crippen MR) is 54.4 cm³/mol. The lowest BCUT2D eigenvalue weighted by Gasteiger charge is -2.10. The summed E-state index contributed by atoms with van der Waals surface area (Å²) in [6.07, 6.45) is 2.18. The van der Waals surface area contributed by atoms with Crippen molar-refractivity contribution in [1.29, 1.82) is 0 Å². The van der Waals surface area contributed by atoms with Gasteiger partial charge in [0.1, 0.15) is 0 Å². The van der Waals surface area contributed by atoms with E-state index in [-0.39, 0.29) is 5.38 Å². The third-order valence-electron chi connectivity index (χ3n) is 1.63. The molecule has 0 aliphatic heterocycles. The second-order valence-electron chi connectivity index (χ2n) is 2.64. The van der Waals surface area contributed by atoms with Gasteiger partial charge in [-0.2, -0.15) is 0 Å². The number of rotatable bonds is 5. The summed E-state index contributed by atoms with van der Waals surface area (Å²) >= 11 is 3.77. The Morgan fingerprint density at radius 2 is 2.43 bits per heavy atom. The molecule has 1 aromatic heterocycles. The van der Waals surface area contributed by atoms with E-state index >= 15 is 0 Å². The van der Waals surface area contributed by atoms with E-state index in [9.17, 15) is 8.76 Å². The number of hydrogen-bond donors (Lipinski definition) is 1. The average Bonchev–Trinajstić information content (AvgIpc) is 2.18. The molecule has 0 saturated carbocycles. The quantitative estimate of drug-likeness (QED) is 0.613. The lowest BCUT2D eigenvalue weighted by atomic mass is 10.2. The van der Waals surface area contributed by atoms with Crippen LogP contribution in [0.15, 0.2) is 24.4 Å². The lowest BCUT2D eigenvalue weighted by molar-refractivity contribution is 0.521. The van der Waals surface area contributed by atoms with Crippen LogP contribution in [0.4, 0.5) is 0 Å². The molecule has 1 N–H and O–H groups in total. The summed E-state index contributed by atoms with van der Waals surface area (Å²) in [5, 5.41) is -0.257. The summed E-state index contributed by atoms with van der Waals surface area (Å²) in [6.45, 7) is 0.320. The zero-order valence-corrected chi connectivity index (χ0v) is 8.92. The van der Waals surface area contributed by atoms with Gasteiger partial charge >= 0.3 is 0 Å². The van der Waals surface area contributed by atoms with Gasteiger partial charge in [0, 0.05) is 24.0 Å². The largest absolute Gasteiger partial charge is 0.760 e. The summed E-state index contributed by atoms with van der Waals surface area (Å²) < 4.78 is 22.5. The number of halogens is 1. The molecule has 0 saturated heterocycles. The Balaban J connectivity index is 2.36. The highest BCUT2D eigenvalue weighted by Crippen LogP contribution is 2.20. The zero-order valence-electron chi connectivity index (χ0n) is 7.35. The van der Waals surface area contributed by atoms with Crippen LogP contribution < -0.4 is 4.72 Å². The zero-order chi connectivity index (χ0) is 10.4. The molecule has 1 aromatic rings. The molecule has 0 spiro atoms. The molecule has 6 heteroatoms. The SMILES string of the molecule is O=S([O-])NCCC(Cl)c1ccccn1. The molecule has 0 fully saturated rings. The number of pyridine rings is 1. The summed E-state index contributed by atoms with van der Waals surface area (Å²) in [4.78, 5) is 4.06. The van der Waals surface area contributed by atoms with Crippen molar-refractivity contribution in [2.75, 3.05) is 6.54 Å². The van der Waals surface area contributed by atoms with Gasteiger partial charge in [-0.15, -0.1) is 11.6 Å². The Morgan fingerprint density at radius 1 is 1.64 bits per heavy atom. The van der Waals surface area contributed by atoms with Crippen molar-refractivity contribution in [3.8, 4) is 0 Å². The van der Waals surface area contributed by atoms with E-state index in [0.29, 0.717) is 13.0 Å². The summed E-state index contributed by atoms with van der Waals surface area (Å²) in [6, 6.07) is 5.46. The monoisotopic (exact) mass is 233 g/mol. The van der Waals surface area contributed by atoms with Gasteiger partial charge in [-0.1, -0.05) is 6.07 Å². The van der Waals surface area contributed by atoms with Gasteiger partial charge in [-0.3, -0.25) is 9.19 Å². The molecule has 4 nitrogen and oxygen atoms in total. The Kier molecular flexibility index (Phi) is 5.03. The fourth-order valence-corrected chi connectivity index (χ4v) is 1.50. The number of nitrogens with zero attached hydrogens (tertiary/aromatic N) is 1. The molecule has 0 radical (unpaired) electrons. The summed E-state index contributed by atoms with van der Waals surface area (Å²) in [5.41, 5.74) is 0.757. The summed E-state index contributed by atoms with van der Waals surface area (Å²) in [5.74, 6) is 0. The second kappa shape index (κ2) is 6.08. The van der Waals surface area contributed by atoms with Crippen LogP contribution in [0, 0.1) is 0 Å². The first-order valence-corrected chi connectivity index (χ1v) is 5.59. The van der Waals surface area contributed by atoms with Gasteiger partial charge in [0.25, 0.3) is 0 Å². The predicted octanol–water partition coefficient (Wildman–Crippen LogP) is 1.14. The van der Waals surface area contributed by atoms with Crippen LogP contribution in [-0.4, -0.2) is 20.3 Å². The van der Waals surface area contributed by atoms with Crippen molar-refractivity contribution >= 4 is 22.9 Å². The van der Waals surface area contributed by atoms with Crippen molar-refractivity contribution in [3.63, 3.8) is 0 Å². The van der Waals surface area contributed by atoms with Gasteiger partial charge in [0.2, 0.25) is 0 Å². The third-order valence-corrected chi connectivity index (χ3v) is 2.51. The van der Waals surface area contributed by atoms with Crippen LogP contribution in [0.25, 0.3) is 0 Å². The highest BCUT2D eigenvalue weighted by atomic mass is 35.5. The van der Waals surface area contributed by atoms with Gasteiger partial charge in [-0.25, -0.2) is 4.72 Å². The molecular weight excluding hydrogens is 224 g/mol. The number of alkyl halides is 1. The van der Waals surface area contributed by atoms with Crippen molar-refractivity contribution in [2.24, 2.45) is 0 Å². The Morgan fingerprint density at radius 3 is 3.00 bits per heavy atom. The van der Waals surface area contributed by atoms with Gasteiger partial charge in [0.15, 0.2) is 0 Å². The lowest BCUT2D eigenvalue weighted by Crippen LogP contribution is -2.18. The maximum Gasteiger partial charge on any atom is 0.0769 e. The van der Waals surface area contributed by atoms with Crippen LogP contribution >= 0.6 is 11.6 Å². The van der Waals surface area contributed by atoms with E-state index in [1.165, 1.54) is 0 Å². The standard InChI is InChI=1S/C8H11ClN2O2S/c9-7(4-6-11-14(12)13)8-3-1-2-5-10-8/h1-3,5,7,11H,4,6H2,(H,12,13)/p-1. The summed E-state index contributed by atoms with van der Waals surface area (Å²) in [7, 11) is 0. The topological polar surface area (TPSA) is 65.0 Å². The number of nitrogens with one attached hydrogen (secondary N) is 1. The molecule has 0 aromatic carbocycles. The molecular formula is C8H10ClN2O2S-. The molecule has 0 amide bonds. The van der Waals surface area contributed by atoms with Crippen LogP contribution in [-0.2, 0) is 11.3 Å². The van der Waals surface area contributed by atoms with E-state index in [1.807, 2.05) is 12.1 Å². The molecule has 1 heterocycles. The van der Waals surface area contributed by atoms with Crippen LogP contribution in [0.1, 0.15) is 17.5 Å². The Hall–Kier alpha value is -0.490. The van der Waals surface area contributed by atoms with Crippen LogP contribution in [0.5, 0.6) is 0 Å². The second-order valence-corrected chi connectivity index (χ2v) is 3.92. The molecule has 2 unspecified atom stereocenters. The highest BCUT2D eigenvalue weighted by Gasteiger charge is 2.07. The first-order valence-electron chi connectivity index (χ1n) is 4.08. The first kappa shape index (κ1) is 11.6.